The summed E-state index contributed by atoms with van der Waals surface area (Å²) < 4.78 is 1.55. The van der Waals surface area contributed by atoms with Crippen molar-refractivity contribution in [2.45, 2.75) is 25.4 Å². The molecule has 0 fully saturated rings. The van der Waals surface area contributed by atoms with E-state index in [1.165, 1.54) is 0 Å². The third-order valence-electron chi connectivity index (χ3n) is 4.07. The van der Waals surface area contributed by atoms with Crippen LogP contribution in [0.25, 0.3) is 5.69 Å². The summed E-state index contributed by atoms with van der Waals surface area (Å²) in [6.07, 6.45) is 3.21. The van der Waals surface area contributed by atoms with Gasteiger partial charge in [-0.05, 0) is 48.7 Å². The van der Waals surface area contributed by atoms with Crippen LogP contribution in [-0.4, -0.2) is 21.2 Å². The largest absolute Gasteiger partial charge is 0.351 e. The highest BCUT2D eigenvalue weighted by atomic mass is 35.5. The zero-order chi connectivity index (χ0) is 20.1. The van der Waals surface area contributed by atoms with Gasteiger partial charge in [0.05, 0.1) is 5.75 Å². The van der Waals surface area contributed by atoms with Gasteiger partial charge in [-0.3, -0.25) is 14.2 Å². The Morgan fingerprint density at radius 3 is 2.61 bits per heavy atom. The average molecular weight is 414 g/mol. The van der Waals surface area contributed by atoms with E-state index in [0.29, 0.717) is 11.6 Å². The summed E-state index contributed by atoms with van der Waals surface area (Å²) in [7, 11) is 0. The van der Waals surface area contributed by atoms with Crippen LogP contribution in [0.3, 0.4) is 0 Å². The molecule has 144 valence electrons. The maximum absolute atomic E-state index is 12.8. The molecule has 1 aromatic heterocycles. The molecule has 0 aliphatic carbocycles. The van der Waals surface area contributed by atoms with Crippen LogP contribution in [0, 0.1) is 13.8 Å². The summed E-state index contributed by atoms with van der Waals surface area (Å²) in [5, 5.41) is 3.70. The molecule has 0 unspecified atom stereocenters. The molecule has 7 heteroatoms. The van der Waals surface area contributed by atoms with Crippen molar-refractivity contribution < 1.29 is 4.79 Å². The van der Waals surface area contributed by atoms with Gasteiger partial charge in [0.1, 0.15) is 0 Å². The van der Waals surface area contributed by atoms with Crippen molar-refractivity contribution in [2.75, 3.05) is 5.75 Å². The first-order valence-corrected chi connectivity index (χ1v) is 10.1. The standard InChI is InChI=1S/C21H20ClN3O2S/c1-14-9-15(2)11-17(10-14)25-8-7-23-20(21(25)27)28-13-19(26)24-12-16-5-3-4-6-18(16)22/h3-11H,12-13H2,1-2H3,(H,24,26). The van der Waals surface area contributed by atoms with Crippen LogP contribution in [0.4, 0.5) is 0 Å². The van der Waals surface area contributed by atoms with Gasteiger partial charge in [-0.25, -0.2) is 4.98 Å². The number of carbonyl (C=O) groups excluding carboxylic acids is 1. The van der Waals surface area contributed by atoms with E-state index in [4.69, 9.17) is 11.6 Å². The maximum Gasteiger partial charge on any atom is 0.287 e. The first kappa shape index (κ1) is 20.2. The molecule has 5 nitrogen and oxygen atoms in total. The Balaban J connectivity index is 1.67. The fraction of sp³-hybridized carbons (Fsp3) is 0.190. The molecule has 0 bridgehead atoms. The van der Waals surface area contributed by atoms with Crippen molar-refractivity contribution in [3.63, 3.8) is 0 Å². The molecule has 2 aromatic carbocycles. The lowest BCUT2D eigenvalue weighted by Gasteiger charge is -2.10. The van der Waals surface area contributed by atoms with Gasteiger partial charge in [-0.2, -0.15) is 0 Å². The molecule has 1 heterocycles. The summed E-state index contributed by atoms with van der Waals surface area (Å²) in [5.74, 6) is -0.0864. The summed E-state index contributed by atoms with van der Waals surface area (Å²) >= 11 is 7.21. The molecule has 0 aliphatic rings. The molecule has 3 rings (SSSR count). The molecule has 0 saturated carbocycles. The normalized spacial score (nSPS) is 10.7. The van der Waals surface area contributed by atoms with Gasteiger partial charge in [-0.15, -0.1) is 0 Å². The van der Waals surface area contributed by atoms with E-state index >= 15 is 0 Å². The number of hydrogen-bond donors (Lipinski definition) is 1. The van der Waals surface area contributed by atoms with Crippen LogP contribution in [-0.2, 0) is 11.3 Å². The van der Waals surface area contributed by atoms with Crippen molar-refractivity contribution in [3.05, 3.63) is 86.9 Å². The summed E-state index contributed by atoms with van der Waals surface area (Å²) in [6, 6.07) is 13.3. The summed E-state index contributed by atoms with van der Waals surface area (Å²) in [6.45, 7) is 4.32. The number of carbonyl (C=O) groups is 1. The Kier molecular flexibility index (Phi) is 6.54. The van der Waals surface area contributed by atoms with Crippen molar-refractivity contribution in [1.82, 2.24) is 14.9 Å². The predicted molar refractivity (Wildman–Crippen MR) is 113 cm³/mol. The molecule has 1 amide bonds. The summed E-state index contributed by atoms with van der Waals surface area (Å²) in [4.78, 5) is 29.0. The van der Waals surface area contributed by atoms with E-state index in [9.17, 15) is 9.59 Å². The van der Waals surface area contributed by atoms with Gasteiger partial charge in [0, 0.05) is 29.6 Å². The number of benzene rings is 2. The van der Waals surface area contributed by atoms with Crippen molar-refractivity contribution in [1.29, 1.82) is 0 Å². The van der Waals surface area contributed by atoms with E-state index in [0.717, 1.165) is 34.1 Å². The Hall–Kier alpha value is -2.57. The van der Waals surface area contributed by atoms with Crippen LogP contribution in [0.2, 0.25) is 5.02 Å². The van der Waals surface area contributed by atoms with E-state index in [-0.39, 0.29) is 22.2 Å². The fourth-order valence-electron chi connectivity index (χ4n) is 2.81. The minimum Gasteiger partial charge on any atom is -0.351 e. The molecule has 0 aliphatic heterocycles. The predicted octanol–water partition coefficient (Wildman–Crippen LogP) is 3.91. The molecule has 1 N–H and O–H groups in total. The van der Waals surface area contributed by atoms with Gasteiger partial charge in [-0.1, -0.05) is 47.6 Å². The maximum atomic E-state index is 12.8. The average Bonchev–Trinajstić information content (AvgIpc) is 2.65. The van der Waals surface area contributed by atoms with Crippen molar-refractivity contribution in [2.24, 2.45) is 0 Å². The zero-order valence-electron chi connectivity index (χ0n) is 15.6. The molecule has 0 spiro atoms. The first-order valence-electron chi connectivity index (χ1n) is 8.73. The molecular weight excluding hydrogens is 394 g/mol. The minimum atomic E-state index is -0.239. The number of rotatable bonds is 6. The number of amides is 1. The smallest absolute Gasteiger partial charge is 0.287 e. The van der Waals surface area contributed by atoms with Crippen LogP contribution in [0.5, 0.6) is 0 Å². The van der Waals surface area contributed by atoms with E-state index < -0.39 is 0 Å². The number of aromatic nitrogens is 2. The van der Waals surface area contributed by atoms with Gasteiger partial charge in [0.25, 0.3) is 5.56 Å². The lowest BCUT2D eigenvalue weighted by molar-refractivity contribution is -0.118. The number of nitrogens with zero attached hydrogens (tertiary/aromatic N) is 2. The van der Waals surface area contributed by atoms with Gasteiger partial charge >= 0.3 is 0 Å². The molecular formula is C21H20ClN3O2S. The molecule has 0 atom stereocenters. The quantitative estimate of drug-likeness (QED) is 0.622. The second-order valence-corrected chi connectivity index (χ2v) is 7.78. The second-order valence-electron chi connectivity index (χ2n) is 6.41. The molecule has 0 saturated heterocycles. The van der Waals surface area contributed by atoms with Crippen LogP contribution in [0.15, 0.2) is 64.7 Å². The fourth-order valence-corrected chi connectivity index (χ4v) is 3.74. The van der Waals surface area contributed by atoms with E-state index in [2.05, 4.69) is 16.4 Å². The van der Waals surface area contributed by atoms with Crippen molar-refractivity contribution in [3.8, 4) is 5.69 Å². The topological polar surface area (TPSA) is 64.0 Å². The Morgan fingerprint density at radius 2 is 1.89 bits per heavy atom. The SMILES string of the molecule is Cc1cc(C)cc(-n2ccnc(SCC(=O)NCc3ccccc3Cl)c2=O)c1. The first-order chi connectivity index (χ1) is 13.4. The van der Waals surface area contributed by atoms with Crippen LogP contribution >= 0.6 is 23.4 Å². The van der Waals surface area contributed by atoms with Gasteiger partial charge < -0.3 is 5.32 Å². The third kappa shape index (κ3) is 5.03. The van der Waals surface area contributed by atoms with E-state index in [1.54, 1.807) is 23.0 Å². The van der Waals surface area contributed by atoms with Crippen LogP contribution < -0.4 is 10.9 Å². The van der Waals surface area contributed by atoms with Crippen LogP contribution in [0.1, 0.15) is 16.7 Å². The third-order valence-corrected chi connectivity index (χ3v) is 5.40. The lowest BCUT2D eigenvalue weighted by Crippen LogP contribution is -2.26. The number of thioether (sulfide) groups is 1. The number of hydrogen-bond acceptors (Lipinski definition) is 4. The molecule has 28 heavy (non-hydrogen) atoms. The number of nitrogens with one attached hydrogen (secondary N) is 1. The Morgan fingerprint density at radius 1 is 1.18 bits per heavy atom. The minimum absolute atomic E-state index is 0.101. The highest BCUT2D eigenvalue weighted by Gasteiger charge is 2.11. The van der Waals surface area contributed by atoms with E-state index in [1.807, 2.05) is 44.2 Å². The highest BCUT2D eigenvalue weighted by molar-refractivity contribution is 7.99. The number of halogens is 1. The number of aryl methyl sites for hydroxylation is 2. The van der Waals surface area contributed by atoms with Crippen molar-refractivity contribution >= 4 is 29.3 Å². The Labute approximate surface area is 172 Å². The highest BCUT2D eigenvalue weighted by Crippen LogP contribution is 2.16. The lowest BCUT2D eigenvalue weighted by atomic mass is 10.1. The zero-order valence-corrected chi connectivity index (χ0v) is 17.2. The molecule has 3 aromatic rings. The van der Waals surface area contributed by atoms with Gasteiger partial charge in [0.15, 0.2) is 5.03 Å². The Bertz CT molecular complexity index is 1050. The van der Waals surface area contributed by atoms with Gasteiger partial charge in [0.2, 0.25) is 5.91 Å². The second kappa shape index (κ2) is 9.08. The summed E-state index contributed by atoms with van der Waals surface area (Å²) in [5.41, 5.74) is 3.54. The molecule has 0 radical (unpaired) electrons. The monoisotopic (exact) mass is 413 g/mol.